The molecule has 0 aromatic rings. The van der Waals surface area contributed by atoms with E-state index in [0.29, 0.717) is 5.41 Å². The van der Waals surface area contributed by atoms with Gasteiger partial charge in [-0.05, 0) is 85.4 Å². The van der Waals surface area contributed by atoms with Crippen LogP contribution in [0, 0.1) is 69.1 Å². The van der Waals surface area contributed by atoms with Crippen LogP contribution in [0.25, 0.3) is 4.98 Å². The molecule has 0 bridgehead atoms. The van der Waals surface area contributed by atoms with Gasteiger partial charge in [0.25, 0.3) is 0 Å². The SMILES string of the molecule is CC(C)C1CC2C(C3CCC(C(C)(C)C)CC3)CCCC2C1[Si](C)([N-]C(C)(C)C)C1CCCCC1.[CH3-].[CH3-].[CH3-].[Ti+4]. The van der Waals surface area contributed by atoms with E-state index >= 15 is 0 Å². The predicted octanol–water partition coefficient (Wildman–Crippen LogP) is 12.3. The smallest absolute Gasteiger partial charge is 0.659 e. The van der Waals surface area contributed by atoms with Gasteiger partial charge in [-0.25, -0.2) is 0 Å². The Balaban J connectivity index is 0.00000361. The van der Waals surface area contributed by atoms with Gasteiger partial charge in [0.1, 0.15) is 0 Å². The van der Waals surface area contributed by atoms with Crippen LogP contribution in [0.15, 0.2) is 0 Å². The first-order chi connectivity index (χ1) is 16.3. The molecule has 228 valence electrons. The summed E-state index contributed by atoms with van der Waals surface area (Å²) in [4.78, 5) is 5.98. The van der Waals surface area contributed by atoms with E-state index < -0.39 is 8.24 Å². The van der Waals surface area contributed by atoms with E-state index in [1.165, 1.54) is 70.6 Å². The van der Waals surface area contributed by atoms with E-state index in [-0.39, 0.29) is 49.5 Å². The van der Waals surface area contributed by atoms with Crippen molar-refractivity contribution < 1.29 is 21.7 Å². The molecule has 0 aromatic carbocycles. The van der Waals surface area contributed by atoms with Crippen molar-refractivity contribution in [1.82, 2.24) is 0 Å². The molecule has 0 N–H and O–H groups in total. The van der Waals surface area contributed by atoms with Crippen LogP contribution in [0.1, 0.15) is 139 Å². The number of hydrogen-bond acceptors (Lipinski definition) is 0. The van der Waals surface area contributed by atoms with Crippen molar-refractivity contribution in [2.75, 3.05) is 0 Å². The van der Waals surface area contributed by atoms with Crippen molar-refractivity contribution in [1.29, 1.82) is 0 Å². The molecule has 4 aliphatic carbocycles. The minimum absolute atomic E-state index is 0. The second kappa shape index (κ2) is 15.6. The van der Waals surface area contributed by atoms with Crippen LogP contribution in [0.3, 0.4) is 0 Å². The molecule has 39 heavy (non-hydrogen) atoms. The van der Waals surface area contributed by atoms with Crippen molar-refractivity contribution in [3.05, 3.63) is 27.3 Å². The fourth-order valence-electron chi connectivity index (χ4n) is 10.3. The summed E-state index contributed by atoms with van der Waals surface area (Å²) in [5, 5.41) is 0. The Morgan fingerprint density at radius 2 is 1.21 bits per heavy atom. The summed E-state index contributed by atoms with van der Waals surface area (Å²) in [6, 6.07) is 0. The summed E-state index contributed by atoms with van der Waals surface area (Å²) in [6.07, 6.45) is 19.6. The average molecular weight is 594 g/mol. The zero-order valence-corrected chi connectivity index (χ0v) is 31.4. The number of nitrogens with zero attached hydrogens (tertiary/aromatic N) is 1. The largest absolute Gasteiger partial charge is 4.00 e. The van der Waals surface area contributed by atoms with E-state index in [4.69, 9.17) is 4.98 Å². The van der Waals surface area contributed by atoms with Crippen molar-refractivity contribution in [2.24, 2.45) is 46.8 Å². The molecular formula is C36H71NSiTi. The second-order valence-corrected chi connectivity index (χ2v) is 20.6. The predicted molar refractivity (Wildman–Crippen MR) is 177 cm³/mol. The molecule has 4 fully saturated rings. The molecule has 0 amide bonds. The molecule has 0 radical (unpaired) electrons. The zero-order valence-electron chi connectivity index (χ0n) is 28.8. The first-order valence-electron chi connectivity index (χ1n) is 16.1. The number of rotatable bonds is 5. The maximum atomic E-state index is 5.98. The molecule has 0 spiro atoms. The summed E-state index contributed by atoms with van der Waals surface area (Å²) >= 11 is 0. The van der Waals surface area contributed by atoms with Crippen LogP contribution in [-0.2, 0) is 21.7 Å². The molecule has 6 atom stereocenters. The van der Waals surface area contributed by atoms with Gasteiger partial charge >= 0.3 is 21.7 Å². The molecule has 4 saturated carbocycles. The summed E-state index contributed by atoms with van der Waals surface area (Å²) < 4.78 is 0. The monoisotopic (exact) mass is 593 g/mol. The molecule has 0 heterocycles. The third kappa shape index (κ3) is 8.95. The number of fused-ring (bicyclic) bond motifs is 1. The van der Waals surface area contributed by atoms with Crippen molar-refractivity contribution in [3.63, 3.8) is 0 Å². The van der Waals surface area contributed by atoms with Crippen molar-refractivity contribution in [3.8, 4) is 0 Å². The maximum absolute atomic E-state index is 5.98. The molecule has 4 rings (SSSR count). The molecule has 0 saturated heterocycles. The van der Waals surface area contributed by atoms with Gasteiger partial charge in [0, 0.05) is 0 Å². The Morgan fingerprint density at radius 3 is 1.69 bits per heavy atom. The quantitative estimate of drug-likeness (QED) is 0.222. The van der Waals surface area contributed by atoms with Gasteiger partial charge in [-0.1, -0.05) is 126 Å². The summed E-state index contributed by atoms with van der Waals surface area (Å²) in [5.41, 5.74) is 2.52. The average Bonchev–Trinajstić information content (AvgIpc) is 3.19. The number of hydrogen-bond donors (Lipinski definition) is 0. The molecule has 6 unspecified atom stereocenters. The third-order valence-electron chi connectivity index (χ3n) is 11.8. The zero-order chi connectivity index (χ0) is 25.6. The van der Waals surface area contributed by atoms with E-state index in [9.17, 15) is 0 Å². The van der Waals surface area contributed by atoms with E-state index in [1.54, 1.807) is 12.8 Å². The Labute approximate surface area is 265 Å². The van der Waals surface area contributed by atoms with E-state index in [0.717, 1.165) is 52.5 Å². The first-order valence-corrected chi connectivity index (χ1v) is 18.7. The van der Waals surface area contributed by atoms with Crippen LogP contribution in [0.2, 0.25) is 17.6 Å². The summed E-state index contributed by atoms with van der Waals surface area (Å²) in [6.45, 7) is 22.6. The van der Waals surface area contributed by atoms with Crippen LogP contribution in [0.5, 0.6) is 0 Å². The van der Waals surface area contributed by atoms with Crippen LogP contribution in [-0.4, -0.2) is 13.8 Å². The minimum atomic E-state index is -1.77. The van der Waals surface area contributed by atoms with Crippen molar-refractivity contribution >= 4 is 8.24 Å². The van der Waals surface area contributed by atoms with Gasteiger partial charge in [0.2, 0.25) is 0 Å². The molecule has 3 heteroatoms. The van der Waals surface area contributed by atoms with Gasteiger partial charge in [0.05, 0.1) is 0 Å². The Hall–Kier alpha value is 0.891. The summed E-state index contributed by atoms with van der Waals surface area (Å²) in [5.74, 6) is 6.77. The van der Waals surface area contributed by atoms with Gasteiger partial charge < -0.3 is 27.3 Å². The van der Waals surface area contributed by atoms with Gasteiger partial charge in [0.15, 0.2) is 0 Å². The molecule has 0 aliphatic heterocycles. The van der Waals surface area contributed by atoms with Gasteiger partial charge in [-0.2, -0.15) is 0 Å². The first kappa shape index (κ1) is 39.9. The fourth-order valence-corrected chi connectivity index (χ4v) is 16.9. The fraction of sp³-hybridized carbons (Fsp3) is 0.917. The molecule has 0 aromatic heterocycles. The standard InChI is InChI=1S/C33H62NSi.3CH3.Ti/c1-23(2)29-22-30-27(24-18-20-25(21-19-24)32(3,4)5)16-13-17-28(30)31(29)35(9,34-33(6,7)8)26-14-11-10-12-15-26;;;;/h23-31H,10-22H2,1-9H3;3*1H3;/q4*-1;+4. The van der Waals surface area contributed by atoms with E-state index in [2.05, 4.69) is 61.9 Å². The third-order valence-corrected chi connectivity index (χ3v) is 17.4. The summed E-state index contributed by atoms with van der Waals surface area (Å²) in [7, 11) is -1.77. The topological polar surface area (TPSA) is 14.1 Å². The Kier molecular flexibility index (Phi) is 15.9. The van der Waals surface area contributed by atoms with E-state index in [1.807, 2.05) is 0 Å². The second-order valence-electron chi connectivity index (χ2n) is 16.4. The minimum Gasteiger partial charge on any atom is -0.659 e. The van der Waals surface area contributed by atoms with Crippen molar-refractivity contribution in [2.45, 2.75) is 162 Å². The van der Waals surface area contributed by atoms with Gasteiger partial charge in [-0.3, -0.25) is 0 Å². The molecule has 1 nitrogen and oxygen atoms in total. The van der Waals surface area contributed by atoms with Crippen LogP contribution >= 0.6 is 0 Å². The normalized spacial score (nSPS) is 35.4. The van der Waals surface area contributed by atoms with Gasteiger partial charge in [-0.15, -0.1) is 5.54 Å². The Bertz CT molecular complexity index is 679. The maximum Gasteiger partial charge on any atom is 4.00 e. The van der Waals surface area contributed by atoms with Crippen LogP contribution in [0.4, 0.5) is 0 Å². The molecular weight excluding hydrogens is 522 g/mol. The Morgan fingerprint density at radius 1 is 0.667 bits per heavy atom. The van der Waals surface area contributed by atoms with Crippen LogP contribution < -0.4 is 0 Å². The molecule has 4 aliphatic rings.